The Balaban J connectivity index is 0.000000437. The molecule has 3 aliphatic carbocycles. The van der Waals surface area contributed by atoms with E-state index in [2.05, 4.69) is 77.6 Å². The van der Waals surface area contributed by atoms with Crippen molar-refractivity contribution in [2.75, 3.05) is 37.4 Å². The zero-order chi connectivity index (χ0) is 25.5. The van der Waals surface area contributed by atoms with Gasteiger partial charge in [0.1, 0.15) is 12.4 Å². The Kier molecular flexibility index (Phi) is 6.53. The summed E-state index contributed by atoms with van der Waals surface area (Å²) in [6.45, 7) is 2.73. The normalized spacial score (nSPS) is 21.7. The molecular formula is C34H36N2OS. The second-order valence-electron chi connectivity index (χ2n) is 11.2. The Morgan fingerprint density at radius 3 is 2.71 bits per heavy atom. The van der Waals surface area contributed by atoms with Crippen molar-refractivity contribution in [2.45, 2.75) is 38.5 Å². The summed E-state index contributed by atoms with van der Waals surface area (Å²) in [5.74, 6) is 3.85. The third-order valence-corrected chi connectivity index (χ3v) is 9.82. The van der Waals surface area contributed by atoms with E-state index in [0.717, 1.165) is 37.3 Å². The molecular weight excluding hydrogens is 484 g/mol. The third-order valence-electron chi connectivity index (χ3n) is 9.10. The van der Waals surface area contributed by atoms with Gasteiger partial charge in [0.25, 0.3) is 0 Å². The number of nitrogens with zero attached hydrogens (tertiary/aromatic N) is 2. The van der Waals surface area contributed by atoms with E-state index in [1.54, 1.807) is 28.5 Å². The van der Waals surface area contributed by atoms with Gasteiger partial charge in [0, 0.05) is 19.3 Å². The zero-order valence-corrected chi connectivity index (χ0v) is 23.1. The van der Waals surface area contributed by atoms with E-state index in [0.29, 0.717) is 0 Å². The van der Waals surface area contributed by atoms with Gasteiger partial charge < -0.3 is 9.64 Å². The molecule has 194 valence electrons. The summed E-state index contributed by atoms with van der Waals surface area (Å²) >= 11 is 1.78. The van der Waals surface area contributed by atoms with Crippen LogP contribution in [0.25, 0.3) is 27.5 Å². The van der Waals surface area contributed by atoms with Crippen LogP contribution in [0.4, 0.5) is 5.69 Å². The molecule has 3 nitrogen and oxygen atoms in total. The quantitative estimate of drug-likeness (QED) is 0.341. The summed E-state index contributed by atoms with van der Waals surface area (Å²) in [5, 5.41) is 2.80. The molecule has 0 radical (unpaired) electrons. The highest BCUT2D eigenvalue weighted by molar-refractivity contribution is 8.12. The van der Waals surface area contributed by atoms with Crippen LogP contribution in [0, 0.1) is 11.8 Å². The highest BCUT2D eigenvalue weighted by Gasteiger charge is 2.35. The van der Waals surface area contributed by atoms with Gasteiger partial charge in [-0.2, -0.15) is 0 Å². The van der Waals surface area contributed by atoms with Crippen molar-refractivity contribution in [1.82, 2.24) is 0 Å². The fourth-order valence-electron chi connectivity index (χ4n) is 6.81. The molecule has 5 aliphatic rings. The highest BCUT2D eigenvalue weighted by atomic mass is 32.2. The first-order valence-corrected chi connectivity index (χ1v) is 15.3. The maximum atomic E-state index is 5.97. The van der Waals surface area contributed by atoms with Gasteiger partial charge >= 0.3 is 0 Å². The van der Waals surface area contributed by atoms with Crippen LogP contribution in [0.5, 0.6) is 5.75 Å². The molecule has 0 bridgehead atoms. The largest absolute Gasteiger partial charge is 0.490 e. The zero-order valence-electron chi connectivity index (χ0n) is 22.3. The van der Waals surface area contributed by atoms with Crippen molar-refractivity contribution in [3.05, 3.63) is 77.4 Å². The number of ether oxygens (including phenoxy) is 1. The monoisotopic (exact) mass is 520 g/mol. The minimum Gasteiger partial charge on any atom is -0.490 e. The van der Waals surface area contributed by atoms with Gasteiger partial charge in [0.15, 0.2) is 0 Å². The Morgan fingerprint density at radius 1 is 1.03 bits per heavy atom. The summed E-state index contributed by atoms with van der Waals surface area (Å²) in [5.41, 5.74) is 12.0. The van der Waals surface area contributed by atoms with Gasteiger partial charge in [-0.05, 0) is 101 Å². The van der Waals surface area contributed by atoms with Gasteiger partial charge in [0.05, 0.1) is 17.8 Å². The predicted molar refractivity (Wildman–Crippen MR) is 164 cm³/mol. The molecule has 0 N–H and O–H groups in total. The van der Waals surface area contributed by atoms with E-state index in [1.165, 1.54) is 77.4 Å². The maximum absolute atomic E-state index is 5.97. The van der Waals surface area contributed by atoms with Gasteiger partial charge in [-0.15, -0.1) is 11.8 Å². The molecule has 3 aromatic rings. The first-order valence-electron chi connectivity index (χ1n) is 14.3. The summed E-state index contributed by atoms with van der Waals surface area (Å²) < 4.78 is 5.97. The fourth-order valence-corrected chi connectivity index (χ4v) is 7.34. The molecule has 2 aliphatic heterocycles. The Morgan fingerprint density at radius 2 is 1.92 bits per heavy atom. The van der Waals surface area contributed by atoms with E-state index < -0.39 is 0 Å². The van der Waals surface area contributed by atoms with E-state index in [4.69, 9.17) is 4.74 Å². The first-order chi connectivity index (χ1) is 18.8. The number of hydrogen-bond acceptors (Lipinski definition) is 4. The van der Waals surface area contributed by atoms with E-state index in [-0.39, 0.29) is 0 Å². The SMILES string of the molecule is C1=NCCS1.CN1CCOc2cc(-c3ccc4c5c(ccc4c3)C3=C(CCC=C3)C(C3CCC3)C5)ccc21. The van der Waals surface area contributed by atoms with E-state index in [9.17, 15) is 0 Å². The van der Waals surface area contributed by atoms with Crippen LogP contribution in [0.15, 0.2) is 71.2 Å². The molecule has 1 atom stereocenters. The lowest BCUT2D eigenvalue weighted by molar-refractivity contribution is 0.227. The van der Waals surface area contributed by atoms with Gasteiger partial charge in [0.2, 0.25) is 0 Å². The molecule has 1 saturated carbocycles. The molecule has 0 spiro atoms. The van der Waals surface area contributed by atoms with Crippen LogP contribution >= 0.6 is 11.8 Å². The summed E-state index contributed by atoms with van der Waals surface area (Å²) in [6.07, 6.45) is 12.8. The van der Waals surface area contributed by atoms with Crippen LogP contribution in [-0.4, -0.2) is 38.0 Å². The number of fused-ring (bicyclic) bond motifs is 5. The Labute approximate surface area is 230 Å². The molecule has 0 amide bonds. The molecule has 3 aromatic carbocycles. The number of thioether (sulfide) groups is 1. The number of benzene rings is 3. The molecule has 2 heterocycles. The lowest BCUT2D eigenvalue weighted by Crippen LogP contribution is -2.29. The summed E-state index contributed by atoms with van der Waals surface area (Å²) in [7, 11) is 2.14. The van der Waals surface area contributed by atoms with Crippen molar-refractivity contribution in [3.63, 3.8) is 0 Å². The topological polar surface area (TPSA) is 24.8 Å². The molecule has 1 fully saturated rings. The second-order valence-corrected chi connectivity index (χ2v) is 12.2. The number of anilines is 1. The van der Waals surface area contributed by atoms with Crippen LogP contribution in [0.2, 0.25) is 0 Å². The molecule has 38 heavy (non-hydrogen) atoms. The Hall–Kier alpha value is -2.98. The van der Waals surface area contributed by atoms with Crippen LogP contribution in [0.3, 0.4) is 0 Å². The standard InChI is InChI=1S/C31H31NO.C3H5NS/c1-32-15-16-33-31-18-22(11-14-30(31)32)21-9-12-24-23(17-21)10-13-27-25-7-2-3-8-26(25)28(19-29(24)27)20-5-4-6-20;1-2-5-3-4-1/h2,7,9-14,17-18,20,28H,3-6,8,15-16,19H2,1H3;3H,1-2H2. The summed E-state index contributed by atoms with van der Waals surface area (Å²) in [6, 6.07) is 18.5. The number of rotatable bonds is 2. The number of likely N-dealkylation sites (N-methyl/N-ethyl adjacent to an activating group) is 1. The maximum Gasteiger partial charge on any atom is 0.143 e. The molecule has 1 unspecified atom stereocenters. The summed E-state index contributed by atoms with van der Waals surface area (Å²) in [4.78, 5) is 6.20. The molecule has 0 aromatic heterocycles. The number of aliphatic imine (C=N–C) groups is 1. The number of hydrogen-bond donors (Lipinski definition) is 0. The van der Waals surface area contributed by atoms with Crippen molar-refractivity contribution in [2.24, 2.45) is 16.8 Å². The van der Waals surface area contributed by atoms with Crippen LogP contribution < -0.4 is 9.64 Å². The fraction of sp³-hybridized carbons (Fsp3) is 0.382. The Bertz CT molecular complexity index is 1460. The molecule has 4 heteroatoms. The first kappa shape index (κ1) is 24.1. The predicted octanol–water partition coefficient (Wildman–Crippen LogP) is 8.17. The van der Waals surface area contributed by atoms with E-state index in [1.807, 2.05) is 5.55 Å². The average Bonchev–Trinajstić information content (AvgIpc) is 3.52. The van der Waals surface area contributed by atoms with Crippen LogP contribution in [-0.2, 0) is 6.42 Å². The van der Waals surface area contributed by atoms with E-state index >= 15 is 0 Å². The van der Waals surface area contributed by atoms with Gasteiger partial charge in [-0.3, -0.25) is 4.99 Å². The lowest BCUT2D eigenvalue weighted by atomic mass is 9.64. The van der Waals surface area contributed by atoms with Crippen molar-refractivity contribution >= 4 is 39.3 Å². The molecule has 0 saturated heterocycles. The highest BCUT2D eigenvalue weighted by Crippen LogP contribution is 2.49. The minimum absolute atomic E-state index is 0.755. The van der Waals surface area contributed by atoms with Crippen molar-refractivity contribution < 1.29 is 4.74 Å². The third kappa shape index (κ3) is 4.37. The van der Waals surface area contributed by atoms with Crippen molar-refractivity contribution in [3.8, 4) is 16.9 Å². The van der Waals surface area contributed by atoms with Gasteiger partial charge in [-0.25, -0.2) is 0 Å². The van der Waals surface area contributed by atoms with Crippen LogP contribution in [0.1, 0.15) is 43.2 Å². The lowest BCUT2D eigenvalue weighted by Gasteiger charge is -2.40. The second kappa shape index (κ2) is 10.3. The van der Waals surface area contributed by atoms with Crippen molar-refractivity contribution in [1.29, 1.82) is 0 Å². The average molecular weight is 521 g/mol. The van der Waals surface area contributed by atoms with Gasteiger partial charge in [-0.1, -0.05) is 54.5 Å². The number of allylic oxidation sites excluding steroid dienone is 4. The smallest absolute Gasteiger partial charge is 0.143 e. The molecule has 8 rings (SSSR count). The minimum atomic E-state index is 0.755.